The highest BCUT2D eigenvalue weighted by Crippen LogP contribution is 2.49. The molecule has 0 saturated heterocycles. The Morgan fingerprint density at radius 2 is 1.82 bits per heavy atom. The van der Waals surface area contributed by atoms with E-state index in [1.807, 2.05) is 0 Å². The number of halogens is 4. The van der Waals surface area contributed by atoms with Crippen molar-refractivity contribution >= 4 is 21.8 Å². The quantitative estimate of drug-likeness (QED) is 0.444. The summed E-state index contributed by atoms with van der Waals surface area (Å²) >= 11 is 5.97. The van der Waals surface area contributed by atoms with Gasteiger partial charge in [-0.15, -0.1) is 5.10 Å². The molecule has 0 aliphatic heterocycles. The number of nitrogens with one attached hydrogen (secondary N) is 1. The van der Waals surface area contributed by atoms with Gasteiger partial charge in [0.25, 0.3) is 0 Å². The number of benzene rings is 1. The lowest BCUT2D eigenvalue weighted by molar-refractivity contribution is -0.138. The van der Waals surface area contributed by atoms with Gasteiger partial charge in [-0.1, -0.05) is 38.4 Å². The molecule has 0 bridgehead atoms. The molecule has 0 aliphatic rings. The van der Waals surface area contributed by atoms with Crippen molar-refractivity contribution < 1.29 is 17.9 Å². The van der Waals surface area contributed by atoms with Crippen LogP contribution in [-0.4, -0.2) is 37.0 Å². The fraction of sp³-hybridized carbons (Fsp3) is 0.409. The first kappa shape index (κ1) is 25.3. The standard InChI is InChI=1S/C22H27ClF3N5OS/c1-21(2,3)33(4,5)29-12-19-28-14-31(30-19)20-10-9-15(11-27-20)32-13-16-17(22(24,25)26)7-6-8-18(16)23/h6-11,14,29H,12-13H2,1-5H3. The van der Waals surface area contributed by atoms with Gasteiger partial charge in [0.1, 0.15) is 18.7 Å². The maximum Gasteiger partial charge on any atom is 0.416 e. The van der Waals surface area contributed by atoms with E-state index in [1.165, 1.54) is 23.0 Å². The van der Waals surface area contributed by atoms with Crippen LogP contribution >= 0.6 is 21.8 Å². The van der Waals surface area contributed by atoms with Gasteiger partial charge in [0.05, 0.1) is 18.3 Å². The molecular formula is C22H27ClF3N5OS. The van der Waals surface area contributed by atoms with Crippen molar-refractivity contribution in [1.82, 2.24) is 24.5 Å². The molecule has 0 amide bonds. The fourth-order valence-electron chi connectivity index (χ4n) is 2.67. The van der Waals surface area contributed by atoms with Crippen molar-refractivity contribution in [2.75, 3.05) is 12.5 Å². The van der Waals surface area contributed by atoms with Crippen LogP contribution in [0.3, 0.4) is 0 Å². The highest BCUT2D eigenvalue weighted by atomic mass is 35.5. The van der Waals surface area contributed by atoms with Gasteiger partial charge < -0.3 is 4.74 Å². The van der Waals surface area contributed by atoms with Crippen LogP contribution in [0.5, 0.6) is 5.75 Å². The van der Waals surface area contributed by atoms with E-state index in [0.717, 1.165) is 6.07 Å². The summed E-state index contributed by atoms with van der Waals surface area (Å²) in [6.45, 7) is 6.80. The second kappa shape index (κ2) is 9.52. The van der Waals surface area contributed by atoms with Crippen molar-refractivity contribution in [3.8, 4) is 11.6 Å². The molecule has 3 rings (SSSR count). The van der Waals surface area contributed by atoms with E-state index in [0.29, 0.717) is 23.9 Å². The first-order chi connectivity index (χ1) is 15.3. The predicted molar refractivity (Wildman–Crippen MR) is 126 cm³/mol. The summed E-state index contributed by atoms with van der Waals surface area (Å²) in [7, 11) is -1.05. The summed E-state index contributed by atoms with van der Waals surface area (Å²) < 4.78 is 50.4. The lowest BCUT2D eigenvalue weighted by atomic mass is 10.1. The molecule has 0 aliphatic carbocycles. The Kier molecular flexibility index (Phi) is 7.30. The molecule has 6 nitrogen and oxygen atoms in total. The zero-order chi connectivity index (χ0) is 24.4. The van der Waals surface area contributed by atoms with Crippen molar-refractivity contribution in [3.05, 3.63) is 64.8 Å². The average Bonchev–Trinajstić information content (AvgIpc) is 3.19. The maximum atomic E-state index is 13.2. The minimum Gasteiger partial charge on any atom is -0.487 e. The molecule has 2 heterocycles. The Hall–Kier alpha value is -2.30. The maximum absolute atomic E-state index is 13.2. The van der Waals surface area contributed by atoms with E-state index in [1.54, 1.807) is 18.5 Å². The van der Waals surface area contributed by atoms with E-state index in [2.05, 4.69) is 53.1 Å². The van der Waals surface area contributed by atoms with Crippen LogP contribution < -0.4 is 9.46 Å². The Labute approximate surface area is 198 Å². The van der Waals surface area contributed by atoms with Gasteiger partial charge >= 0.3 is 6.18 Å². The van der Waals surface area contributed by atoms with Crippen LogP contribution in [0.15, 0.2) is 42.9 Å². The predicted octanol–water partition coefficient (Wildman–Crippen LogP) is 5.78. The topological polar surface area (TPSA) is 64.9 Å². The highest BCUT2D eigenvalue weighted by Gasteiger charge is 2.34. The number of hydrogen-bond donors (Lipinski definition) is 1. The molecule has 3 aromatic rings. The number of alkyl halides is 3. The van der Waals surface area contributed by atoms with Crippen molar-refractivity contribution in [2.24, 2.45) is 0 Å². The third kappa shape index (κ3) is 6.18. The van der Waals surface area contributed by atoms with Crippen molar-refractivity contribution in [1.29, 1.82) is 0 Å². The number of aromatic nitrogens is 4. The van der Waals surface area contributed by atoms with Gasteiger partial charge in [0.2, 0.25) is 0 Å². The first-order valence-electron chi connectivity index (χ1n) is 10.1. The van der Waals surface area contributed by atoms with Gasteiger partial charge in [0.15, 0.2) is 11.6 Å². The second-order valence-electron chi connectivity index (χ2n) is 8.77. The average molecular weight is 502 g/mol. The van der Waals surface area contributed by atoms with Crippen LogP contribution in [0.4, 0.5) is 13.2 Å². The van der Waals surface area contributed by atoms with Crippen LogP contribution in [0.2, 0.25) is 5.02 Å². The zero-order valence-electron chi connectivity index (χ0n) is 19.1. The Balaban J connectivity index is 1.65. The largest absolute Gasteiger partial charge is 0.487 e. The third-order valence-corrected chi connectivity index (χ3v) is 9.71. The summed E-state index contributed by atoms with van der Waals surface area (Å²) in [5.74, 6) is 1.46. The highest BCUT2D eigenvalue weighted by molar-refractivity contribution is 8.32. The molecule has 1 aromatic carbocycles. The Bertz CT molecular complexity index is 1090. The molecular weight excluding hydrogens is 475 g/mol. The van der Waals surface area contributed by atoms with E-state index in [9.17, 15) is 13.2 Å². The van der Waals surface area contributed by atoms with Crippen molar-refractivity contribution in [3.63, 3.8) is 0 Å². The molecule has 11 heteroatoms. The van der Waals surface area contributed by atoms with Crippen molar-refractivity contribution in [2.45, 2.75) is 44.8 Å². The number of rotatable bonds is 7. The van der Waals surface area contributed by atoms with Crippen LogP contribution in [0.25, 0.3) is 5.82 Å². The summed E-state index contributed by atoms with van der Waals surface area (Å²) in [6, 6.07) is 6.91. The van der Waals surface area contributed by atoms with E-state index in [-0.39, 0.29) is 21.9 Å². The summed E-state index contributed by atoms with van der Waals surface area (Å²) in [5, 5.41) is 4.44. The molecule has 2 aromatic heterocycles. The Morgan fingerprint density at radius 1 is 1.09 bits per heavy atom. The number of pyridine rings is 1. The van der Waals surface area contributed by atoms with Crippen LogP contribution in [0, 0.1) is 0 Å². The molecule has 180 valence electrons. The van der Waals surface area contributed by atoms with Gasteiger partial charge in [-0.05, 0) is 36.8 Å². The minimum absolute atomic E-state index is 0.00497. The molecule has 0 fully saturated rings. The molecule has 33 heavy (non-hydrogen) atoms. The molecule has 0 spiro atoms. The zero-order valence-corrected chi connectivity index (χ0v) is 20.6. The molecule has 0 atom stereocenters. The smallest absolute Gasteiger partial charge is 0.416 e. The Morgan fingerprint density at radius 3 is 2.42 bits per heavy atom. The summed E-state index contributed by atoms with van der Waals surface area (Å²) in [4.78, 5) is 8.61. The number of ether oxygens (including phenoxy) is 1. The second-order valence-corrected chi connectivity index (χ2v) is 13.3. The van der Waals surface area contributed by atoms with E-state index in [4.69, 9.17) is 16.3 Å². The SMILES string of the molecule is CC(C)(C)S(C)(C)NCc1ncn(-c2ccc(OCc3c(Cl)cccc3C(F)(F)F)cn2)n1. The van der Waals surface area contributed by atoms with Gasteiger partial charge in [0, 0.05) is 15.3 Å². The normalized spacial score (nSPS) is 13.2. The molecule has 0 radical (unpaired) electrons. The third-order valence-electron chi connectivity index (χ3n) is 5.42. The first-order valence-corrected chi connectivity index (χ1v) is 12.9. The number of nitrogens with zero attached hydrogens (tertiary/aromatic N) is 4. The van der Waals surface area contributed by atoms with Gasteiger partial charge in [-0.25, -0.2) is 14.6 Å². The monoisotopic (exact) mass is 501 g/mol. The molecule has 0 unspecified atom stereocenters. The fourth-order valence-corrected chi connectivity index (χ4v) is 3.82. The lowest BCUT2D eigenvalue weighted by Gasteiger charge is -2.45. The van der Waals surface area contributed by atoms with Crippen LogP contribution in [-0.2, 0) is 19.3 Å². The van der Waals surface area contributed by atoms with Crippen LogP contribution in [0.1, 0.15) is 37.7 Å². The van der Waals surface area contributed by atoms with E-state index < -0.39 is 22.0 Å². The number of hydrogen-bond acceptors (Lipinski definition) is 5. The molecule has 1 N–H and O–H groups in total. The van der Waals surface area contributed by atoms with E-state index >= 15 is 0 Å². The van der Waals surface area contributed by atoms with Gasteiger partial charge in [-0.2, -0.15) is 23.4 Å². The molecule has 0 saturated carbocycles. The minimum atomic E-state index is -4.52. The summed E-state index contributed by atoms with van der Waals surface area (Å²) in [5.41, 5.74) is -0.940. The summed E-state index contributed by atoms with van der Waals surface area (Å²) in [6.07, 6.45) is 2.90. The van der Waals surface area contributed by atoms with Gasteiger partial charge in [-0.3, -0.25) is 4.72 Å². The lowest BCUT2D eigenvalue weighted by Crippen LogP contribution is -2.34.